The molecule has 0 fully saturated rings. The first-order valence-electron chi connectivity index (χ1n) is 5.57. The topological polar surface area (TPSA) is 29.3 Å². The van der Waals surface area contributed by atoms with Crippen LogP contribution in [0.5, 0.6) is 0 Å². The third-order valence-electron chi connectivity index (χ3n) is 3.02. The van der Waals surface area contributed by atoms with Gasteiger partial charge >= 0.3 is 0 Å². The van der Waals surface area contributed by atoms with Crippen LogP contribution in [0.1, 0.15) is 18.9 Å². The zero-order chi connectivity index (χ0) is 11.5. The van der Waals surface area contributed by atoms with E-state index < -0.39 is 0 Å². The average molecular weight is 237 g/mol. The van der Waals surface area contributed by atoms with Crippen LogP contribution in [-0.2, 0) is 6.54 Å². The normalized spacial score (nSPS) is 17.2. The van der Waals surface area contributed by atoms with E-state index in [2.05, 4.69) is 17.9 Å². The molecule has 2 N–H and O–H groups in total. The van der Waals surface area contributed by atoms with Crippen LogP contribution in [0.2, 0.25) is 5.02 Å². The summed E-state index contributed by atoms with van der Waals surface area (Å²) >= 11 is 5.88. The van der Waals surface area contributed by atoms with E-state index >= 15 is 0 Å². The van der Waals surface area contributed by atoms with Gasteiger partial charge in [-0.2, -0.15) is 0 Å². The second-order valence-corrected chi connectivity index (χ2v) is 4.82. The average Bonchev–Trinajstić information content (AvgIpc) is 2.25. The van der Waals surface area contributed by atoms with Crippen molar-refractivity contribution in [2.45, 2.75) is 19.9 Å². The van der Waals surface area contributed by atoms with Gasteiger partial charge in [0, 0.05) is 30.3 Å². The summed E-state index contributed by atoms with van der Waals surface area (Å²) in [6.45, 7) is 5.24. The van der Waals surface area contributed by atoms with Crippen molar-refractivity contribution in [3.8, 4) is 0 Å². The van der Waals surface area contributed by atoms with Gasteiger partial charge in [0.25, 0.3) is 0 Å². The molecule has 1 aliphatic heterocycles. The number of nitrogens with zero attached hydrogens (tertiary/aromatic N) is 1. The zero-order valence-corrected chi connectivity index (χ0v) is 10.3. The molecule has 0 saturated heterocycles. The maximum Gasteiger partial charge on any atom is 0.0426 e. The Morgan fingerprint density at radius 2 is 2.25 bits per heavy atom. The molecule has 2 rings (SSSR count). The van der Waals surface area contributed by atoms with Crippen LogP contribution in [0, 0.1) is 0 Å². The molecule has 0 aliphatic carbocycles. The van der Waals surface area contributed by atoms with Gasteiger partial charge in [-0.3, -0.25) is 4.90 Å². The van der Waals surface area contributed by atoms with Crippen molar-refractivity contribution in [3.63, 3.8) is 0 Å². The predicted octanol–water partition coefficient (Wildman–Crippen LogP) is 3.07. The summed E-state index contributed by atoms with van der Waals surface area (Å²) in [4.78, 5) is 2.40. The summed E-state index contributed by atoms with van der Waals surface area (Å²) in [7, 11) is 0. The van der Waals surface area contributed by atoms with Crippen molar-refractivity contribution in [1.29, 1.82) is 0 Å². The maximum absolute atomic E-state index is 5.94. The highest BCUT2D eigenvalue weighted by Gasteiger charge is 2.11. The van der Waals surface area contributed by atoms with Crippen LogP contribution < -0.4 is 5.73 Å². The van der Waals surface area contributed by atoms with E-state index in [-0.39, 0.29) is 0 Å². The first-order chi connectivity index (χ1) is 7.65. The first kappa shape index (κ1) is 11.5. The number of hydrogen-bond acceptors (Lipinski definition) is 2. The van der Waals surface area contributed by atoms with Crippen LogP contribution in [0.3, 0.4) is 0 Å². The fraction of sp³-hybridized carbons (Fsp3) is 0.385. The van der Waals surface area contributed by atoms with Crippen molar-refractivity contribution in [2.75, 3.05) is 18.8 Å². The molecule has 1 aliphatic rings. The minimum absolute atomic E-state index is 0.704. The van der Waals surface area contributed by atoms with Gasteiger partial charge in [-0.15, -0.1) is 0 Å². The standard InChI is InChI=1S/C13H17ClN2/c1-10-4-6-16(7-5-10)9-11-2-3-12(14)8-13(11)15/h2-4,8H,5-7,9,15H2,1H3. The number of hydrogen-bond donors (Lipinski definition) is 1. The van der Waals surface area contributed by atoms with Crippen LogP contribution in [-0.4, -0.2) is 18.0 Å². The molecular formula is C13H17ClN2. The number of anilines is 1. The first-order valence-corrected chi connectivity index (χ1v) is 5.95. The van der Waals surface area contributed by atoms with Gasteiger partial charge < -0.3 is 5.73 Å². The molecule has 86 valence electrons. The van der Waals surface area contributed by atoms with E-state index in [9.17, 15) is 0 Å². The van der Waals surface area contributed by atoms with Crippen molar-refractivity contribution in [2.24, 2.45) is 0 Å². The molecule has 0 aromatic heterocycles. The molecule has 0 saturated carbocycles. The Bertz CT molecular complexity index is 412. The molecule has 0 spiro atoms. The lowest BCUT2D eigenvalue weighted by Gasteiger charge is -2.25. The second-order valence-electron chi connectivity index (χ2n) is 4.38. The molecule has 0 amide bonds. The van der Waals surface area contributed by atoms with Gasteiger partial charge in [-0.05, 0) is 31.0 Å². The molecule has 0 atom stereocenters. The Morgan fingerprint density at radius 1 is 1.44 bits per heavy atom. The smallest absolute Gasteiger partial charge is 0.0426 e. The number of benzene rings is 1. The molecule has 1 aromatic rings. The van der Waals surface area contributed by atoms with Crippen molar-refractivity contribution >= 4 is 17.3 Å². The quantitative estimate of drug-likeness (QED) is 0.632. The minimum Gasteiger partial charge on any atom is -0.398 e. The number of rotatable bonds is 2. The van der Waals surface area contributed by atoms with Crippen LogP contribution in [0.4, 0.5) is 5.69 Å². The summed E-state index contributed by atoms with van der Waals surface area (Å²) in [5.74, 6) is 0. The summed E-state index contributed by atoms with van der Waals surface area (Å²) in [6, 6.07) is 5.74. The highest BCUT2D eigenvalue weighted by atomic mass is 35.5. The Balaban J connectivity index is 2.04. The lowest BCUT2D eigenvalue weighted by atomic mass is 10.1. The summed E-state index contributed by atoms with van der Waals surface area (Å²) in [5, 5.41) is 0.704. The monoisotopic (exact) mass is 236 g/mol. The molecule has 1 aromatic carbocycles. The van der Waals surface area contributed by atoms with E-state index in [1.807, 2.05) is 18.2 Å². The zero-order valence-electron chi connectivity index (χ0n) is 9.54. The third kappa shape index (κ3) is 2.77. The molecule has 2 nitrogen and oxygen atoms in total. The molecule has 0 radical (unpaired) electrons. The Labute approximate surface area is 102 Å². The van der Waals surface area contributed by atoms with E-state index in [0.717, 1.165) is 37.3 Å². The molecule has 0 unspecified atom stereocenters. The number of halogens is 1. The minimum atomic E-state index is 0.704. The Hall–Kier alpha value is -0.990. The molecule has 1 heterocycles. The van der Waals surface area contributed by atoms with Crippen molar-refractivity contribution in [1.82, 2.24) is 4.90 Å². The van der Waals surface area contributed by atoms with Crippen LogP contribution >= 0.6 is 11.6 Å². The van der Waals surface area contributed by atoms with Gasteiger partial charge in [0.1, 0.15) is 0 Å². The number of nitrogen functional groups attached to an aromatic ring is 1. The van der Waals surface area contributed by atoms with E-state index in [1.54, 1.807) is 0 Å². The highest BCUT2D eigenvalue weighted by Crippen LogP contribution is 2.21. The number of nitrogens with two attached hydrogens (primary N) is 1. The van der Waals surface area contributed by atoms with Crippen molar-refractivity contribution in [3.05, 3.63) is 40.4 Å². The summed E-state index contributed by atoms with van der Waals surface area (Å²) in [6.07, 6.45) is 3.45. The van der Waals surface area contributed by atoms with Gasteiger partial charge in [0.2, 0.25) is 0 Å². The summed E-state index contributed by atoms with van der Waals surface area (Å²) < 4.78 is 0. The van der Waals surface area contributed by atoms with Gasteiger partial charge in [-0.1, -0.05) is 29.3 Å². The third-order valence-corrected chi connectivity index (χ3v) is 3.26. The SMILES string of the molecule is CC1=CCN(Cc2ccc(Cl)cc2N)CC1. The highest BCUT2D eigenvalue weighted by molar-refractivity contribution is 6.30. The van der Waals surface area contributed by atoms with Crippen molar-refractivity contribution < 1.29 is 0 Å². The van der Waals surface area contributed by atoms with E-state index in [4.69, 9.17) is 17.3 Å². The molecular weight excluding hydrogens is 220 g/mol. The van der Waals surface area contributed by atoms with Crippen LogP contribution in [0.25, 0.3) is 0 Å². The van der Waals surface area contributed by atoms with Gasteiger partial charge in [0.05, 0.1) is 0 Å². The second kappa shape index (κ2) is 4.89. The van der Waals surface area contributed by atoms with Gasteiger partial charge in [0.15, 0.2) is 0 Å². The fourth-order valence-corrected chi connectivity index (χ4v) is 2.09. The van der Waals surface area contributed by atoms with Crippen LogP contribution in [0.15, 0.2) is 29.8 Å². The van der Waals surface area contributed by atoms with E-state index in [1.165, 1.54) is 5.57 Å². The van der Waals surface area contributed by atoms with E-state index in [0.29, 0.717) is 5.02 Å². The Kier molecular flexibility index (Phi) is 3.52. The maximum atomic E-state index is 5.94. The molecule has 3 heteroatoms. The predicted molar refractivity (Wildman–Crippen MR) is 69.5 cm³/mol. The fourth-order valence-electron chi connectivity index (χ4n) is 1.91. The largest absolute Gasteiger partial charge is 0.398 e. The summed E-state index contributed by atoms with van der Waals surface area (Å²) in [5.41, 5.74) is 9.38. The molecule has 0 bridgehead atoms. The molecule has 16 heavy (non-hydrogen) atoms. The lowest BCUT2D eigenvalue weighted by molar-refractivity contribution is 0.286. The van der Waals surface area contributed by atoms with Gasteiger partial charge in [-0.25, -0.2) is 0 Å². The lowest BCUT2D eigenvalue weighted by Crippen LogP contribution is -2.28. The Morgan fingerprint density at radius 3 is 2.88 bits per heavy atom.